The average Bonchev–Trinajstić information content (AvgIpc) is 2.54. The molecular weight excluding hydrogens is 338 g/mol. The summed E-state index contributed by atoms with van der Waals surface area (Å²) < 4.78 is 56.6. The highest BCUT2D eigenvalue weighted by molar-refractivity contribution is 5.79. The van der Waals surface area contributed by atoms with Crippen LogP contribution in [0.15, 0.2) is 42.5 Å². The quantitative estimate of drug-likeness (QED) is 0.814. The number of amides is 1. The molecule has 2 rings (SSSR count). The molecule has 0 fully saturated rings. The van der Waals surface area contributed by atoms with Gasteiger partial charge in [0.1, 0.15) is 0 Å². The smallest absolute Gasteiger partial charge is 0.416 e. The van der Waals surface area contributed by atoms with E-state index in [1.165, 1.54) is 31.4 Å². The van der Waals surface area contributed by atoms with Crippen LogP contribution in [-0.2, 0) is 17.4 Å². The molecule has 0 spiro atoms. The lowest BCUT2D eigenvalue weighted by Crippen LogP contribution is -2.28. The zero-order chi connectivity index (χ0) is 18.6. The van der Waals surface area contributed by atoms with Gasteiger partial charge in [-0.05, 0) is 36.2 Å². The number of nitrogens with one attached hydrogen (secondary N) is 1. The van der Waals surface area contributed by atoms with Gasteiger partial charge in [0, 0.05) is 0 Å². The summed E-state index contributed by atoms with van der Waals surface area (Å²) in [5.74, 6) is -0.923. The number of methoxy groups -OCH3 is 1. The second kappa shape index (κ2) is 7.55. The number of halogens is 4. The van der Waals surface area contributed by atoms with E-state index in [0.29, 0.717) is 5.56 Å². The van der Waals surface area contributed by atoms with E-state index in [9.17, 15) is 22.4 Å². The Balaban J connectivity index is 2.04. The van der Waals surface area contributed by atoms with E-state index in [2.05, 4.69) is 5.32 Å². The van der Waals surface area contributed by atoms with Gasteiger partial charge in [-0.3, -0.25) is 4.79 Å². The predicted octanol–water partition coefficient (Wildman–Crippen LogP) is 4.27. The van der Waals surface area contributed by atoms with Gasteiger partial charge in [0.15, 0.2) is 11.6 Å². The Hall–Kier alpha value is -2.57. The van der Waals surface area contributed by atoms with Gasteiger partial charge in [-0.25, -0.2) is 4.39 Å². The number of carbonyl (C=O) groups excluding carboxylic acids is 1. The molecule has 1 unspecified atom stereocenters. The number of hydrogen-bond acceptors (Lipinski definition) is 2. The van der Waals surface area contributed by atoms with Crippen molar-refractivity contribution in [2.45, 2.75) is 25.6 Å². The van der Waals surface area contributed by atoms with Gasteiger partial charge in [0.25, 0.3) is 0 Å². The number of alkyl halides is 3. The van der Waals surface area contributed by atoms with Crippen molar-refractivity contribution in [2.24, 2.45) is 0 Å². The molecule has 0 heterocycles. The lowest BCUT2D eigenvalue weighted by molar-refractivity contribution is -0.137. The topological polar surface area (TPSA) is 38.3 Å². The molecule has 134 valence electrons. The van der Waals surface area contributed by atoms with Gasteiger partial charge >= 0.3 is 6.18 Å². The van der Waals surface area contributed by atoms with E-state index >= 15 is 0 Å². The molecule has 7 heteroatoms. The Labute approximate surface area is 142 Å². The molecule has 0 bridgehead atoms. The van der Waals surface area contributed by atoms with Gasteiger partial charge in [0.05, 0.1) is 25.1 Å². The summed E-state index contributed by atoms with van der Waals surface area (Å²) in [6.45, 7) is 1.66. The third-order valence-corrected chi connectivity index (χ3v) is 3.67. The molecule has 0 radical (unpaired) electrons. The lowest BCUT2D eigenvalue weighted by Gasteiger charge is -2.15. The average molecular weight is 355 g/mol. The summed E-state index contributed by atoms with van der Waals surface area (Å²) in [6.07, 6.45) is -4.66. The molecule has 1 amide bonds. The molecule has 0 aromatic heterocycles. The van der Waals surface area contributed by atoms with Gasteiger partial charge in [-0.1, -0.05) is 24.3 Å². The SMILES string of the molecule is COc1ccc(C(C)NC(=O)Cc2cccc(C(F)(F)F)c2)cc1F. The monoisotopic (exact) mass is 355 g/mol. The van der Waals surface area contributed by atoms with Crippen LogP contribution in [0.25, 0.3) is 0 Å². The zero-order valence-electron chi connectivity index (χ0n) is 13.7. The van der Waals surface area contributed by atoms with Gasteiger partial charge < -0.3 is 10.1 Å². The molecule has 0 aliphatic rings. The summed E-state index contributed by atoms with van der Waals surface area (Å²) in [7, 11) is 1.35. The summed E-state index contributed by atoms with van der Waals surface area (Å²) in [5, 5.41) is 2.64. The zero-order valence-corrected chi connectivity index (χ0v) is 13.7. The van der Waals surface area contributed by atoms with Crippen molar-refractivity contribution in [1.29, 1.82) is 0 Å². The van der Waals surface area contributed by atoms with Crippen molar-refractivity contribution >= 4 is 5.91 Å². The highest BCUT2D eigenvalue weighted by Gasteiger charge is 2.30. The van der Waals surface area contributed by atoms with Crippen LogP contribution in [0.5, 0.6) is 5.75 Å². The minimum absolute atomic E-state index is 0.0891. The Morgan fingerprint density at radius 3 is 2.52 bits per heavy atom. The third-order valence-electron chi connectivity index (χ3n) is 3.67. The van der Waals surface area contributed by atoms with E-state index in [4.69, 9.17) is 4.74 Å². The van der Waals surface area contributed by atoms with E-state index in [-0.39, 0.29) is 17.7 Å². The standard InChI is InChI=1S/C18H17F4NO2/c1-11(13-6-7-16(25-2)15(19)10-13)23-17(24)9-12-4-3-5-14(8-12)18(20,21)22/h3-8,10-11H,9H2,1-2H3,(H,23,24). The highest BCUT2D eigenvalue weighted by atomic mass is 19.4. The molecule has 0 saturated carbocycles. The molecule has 1 N–H and O–H groups in total. The van der Waals surface area contributed by atoms with Gasteiger partial charge in [0.2, 0.25) is 5.91 Å². The van der Waals surface area contributed by atoms with Crippen LogP contribution in [0.2, 0.25) is 0 Å². The normalized spacial score (nSPS) is 12.6. The van der Waals surface area contributed by atoms with Crippen LogP contribution in [-0.4, -0.2) is 13.0 Å². The maximum atomic E-state index is 13.7. The molecule has 0 aliphatic carbocycles. The fourth-order valence-electron chi connectivity index (χ4n) is 2.37. The van der Waals surface area contributed by atoms with Crippen molar-refractivity contribution in [2.75, 3.05) is 7.11 Å². The molecule has 2 aromatic carbocycles. The van der Waals surface area contributed by atoms with E-state index in [0.717, 1.165) is 12.1 Å². The second-order valence-electron chi connectivity index (χ2n) is 5.56. The highest BCUT2D eigenvalue weighted by Crippen LogP contribution is 2.29. The molecule has 3 nitrogen and oxygen atoms in total. The fraction of sp³-hybridized carbons (Fsp3) is 0.278. The lowest BCUT2D eigenvalue weighted by atomic mass is 10.1. The number of carbonyl (C=O) groups is 1. The van der Waals surface area contributed by atoms with Crippen LogP contribution >= 0.6 is 0 Å². The molecule has 2 aromatic rings. The maximum Gasteiger partial charge on any atom is 0.416 e. The van der Waals surface area contributed by atoms with Crippen molar-refractivity contribution in [3.63, 3.8) is 0 Å². The first-order valence-electron chi connectivity index (χ1n) is 7.49. The van der Waals surface area contributed by atoms with Crippen LogP contribution in [0.3, 0.4) is 0 Å². The summed E-state index contributed by atoms with van der Waals surface area (Å²) >= 11 is 0. The molecule has 0 aliphatic heterocycles. The predicted molar refractivity (Wildman–Crippen MR) is 84.7 cm³/mol. The Bertz CT molecular complexity index is 759. The Morgan fingerprint density at radius 2 is 1.92 bits per heavy atom. The molecule has 25 heavy (non-hydrogen) atoms. The number of rotatable bonds is 5. The van der Waals surface area contributed by atoms with Crippen LogP contribution in [0, 0.1) is 5.82 Å². The van der Waals surface area contributed by atoms with E-state index in [1.807, 2.05) is 0 Å². The van der Waals surface area contributed by atoms with Gasteiger partial charge in [-0.15, -0.1) is 0 Å². The maximum absolute atomic E-state index is 13.7. The Morgan fingerprint density at radius 1 is 1.20 bits per heavy atom. The van der Waals surface area contributed by atoms with Gasteiger partial charge in [-0.2, -0.15) is 13.2 Å². The largest absolute Gasteiger partial charge is 0.494 e. The first-order chi connectivity index (χ1) is 11.7. The van der Waals surface area contributed by atoms with Crippen molar-refractivity contribution < 1.29 is 27.1 Å². The first kappa shape index (κ1) is 18.8. The van der Waals surface area contributed by atoms with E-state index in [1.54, 1.807) is 13.0 Å². The summed E-state index contributed by atoms with van der Waals surface area (Å²) in [4.78, 5) is 12.1. The van der Waals surface area contributed by atoms with Crippen molar-refractivity contribution in [1.82, 2.24) is 5.32 Å². The van der Waals surface area contributed by atoms with E-state index < -0.39 is 29.5 Å². The fourth-order valence-corrected chi connectivity index (χ4v) is 2.37. The minimum Gasteiger partial charge on any atom is -0.494 e. The number of ether oxygens (including phenoxy) is 1. The van der Waals surface area contributed by atoms with Crippen LogP contribution in [0.4, 0.5) is 17.6 Å². The first-order valence-corrected chi connectivity index (χ1v) is 7.49. The van der Waals surface area contributed by atoms with Crippen molar-refractivity contribution in [3.8, 4) is 5.75 Å². The molecular formula is C18H17F4NO2. The van der Waals surface area contributed by atoms with Crippen molar-refractivity contribution in [3.05, 3.63) is 65.0 Å². The summed E-state index contributed by atoms with van der Waals surface area (Å²) in [5.41, 5.74) is -0.0285. The number of hydrogen-bond donors (Lipinski definition) is 1. The Kier molecular flexibility index (Phi) is 5.66. The third kappa shape index (κ3) is 4.95. The van der Waals surface area contributed by atoms with Crippen LogP contribution < -0.4 is 10.1 Å². The molecule has 0 saturated heterocycles. The van der Waals surface area contributed by atoms with Crippen LogP contribution in [0.1, 0.15) is 29.7 Å². The number of benzene rings is 2. The summed E-state index contributed by atoms with van der Waals surface area (Å²) in [6, 6.07) is 8.39. The minimum atomic E-state index is -4.46. The second-order valence-corrected chi connectivity index (χ2v) is 5.56. The molecule has 1 atom stereocenters.